The second-order valence-corrected chi connectivity index (χ2v) is 1.45. The molecule has 0 atom stereocenters. The van der Waals surface area contributed by atoms with Crippen LogP contribution in [0.15, 0.2) is 24.7 Å². The monoisotopic (exact) mass is 110 g/mol. The highest BCUT2D eigenvalue weighted by Gasteiger charge is 1.99. The van der Waals surface area contributed by atoms with Gasteiger partial charge in [-0.15, -0.1) is 0 Å². The van der Waals surface area contributed by atoms with Crippen LogP contribution in [0.4, 0.5) is 0 Å². The van der Waals surface area contributed by atoms with E-state index < -0.39 is 0 Å². The molecule has 0 bridgehead atoms. The Labute approximate surface area is 47.2 Å². The van der Waals surface area contributed by atoms with Crippen molar-refractivity contribution in [1.29, 1.82) is 0 Å². The zero-order chi connectivity index (χ0) is 5.82. The van der Waals surface area contributed by atoms with E-state index in [1.807, 2.05) is 0 Å². The molecule has 0 aromatic carbocycles. The van der Waals surface area contributed by atoms with Crippen LogP contribution in [0.5, 0.6) is 0 Å². The molecule has 1 heterocycles. The Balaban J connectivity index is 2.54. The van der Waals surface area contributed by atoms with Gasteiger partial charge in [0.1, 0.15) is 0 Å². The molecule has 3 heteroatoms. The molecule has 0 saturated carbocycles. The highest BCUT2D eigenvalue weighted by molar-refractivity contribution is 5.00. The third-order valence-electron chi connectivity index (χ3n) is 0.878. The van der Waals surface area contributed by atoms with Gasteiger partial charge in [-0.05, 0) is 0 Å². The zero-order valence-electron chi connectivity index (χ0n) is 4.24. The average Bonchev–Trinajstić information content (AvgIpc) is 1.90. The quantitative estimate of drug-likeness (QED) is 0.455. The van der Waals surface area contributed by atoms with Crippen molar-refractivity contribution < 1.29 is 9.85 Å². The van der Waals surface area contributed by atoms with Gasteiger partial charge >= 0.3 is 0 Å². The van der Waals surface area contributed by atoms with Crippen molar-refractivity contribution in [1.82, 2.24) is 0 Å². The minimum absolute atomic E-state index is 0.0938. The molecule has 1 aliphatic rings. The maximum absolute atomic E-state index is 8.28. The Morgan fingerprint density at radius 2 is 2.00 bits per heavy atom. The largest absolute Gasteiger partial charge is 0.508 e. The average molecular weight is 110 g/mol. The van der Waals surface area contributed by atoms with Gasteiger partial charge in [-0.2, -0.15) is 0 Å². The Kier molecular flexibility index (Phi) is 1.42. The van der Waals surface area contributed by atoms with E-state index in [1.54, 1.807) is 12.2 Å². The zero-order valence-corrected chi connectivity index (χ0v) is 4.24. The number of hydrogen-bond acceptors (Lipinski definition) is 1. The fourth-order valence-electron chi connectivity index (χ4n) is 0.456. The molecular formula is C5H6N2O. The van der Waals surface area contributed by atoms with Crippen LogP contribution in [0, 0.1) is 0 Å². The van der Waals surface area contributed by atoms with Crippen LogP contribution in [0.2, 0.25) is 0 Å². The molecule has 8 heavy (non-hydrogen) atoms. The fraction of sp³-hybridized carbons (Fsp3) is 0.200. The molecule has 0 spiro atoms. The normalized spacial score (nSPS) is 18.0. The SMILES string of the molecule is [N-]=[NH+]C1C=COC=C1. The first-order chi connectivity index (χ1) is 3.93. The van der Waals surface area contributed by atoms with Crippen LogP contribution in [0.1, 0.15) is 0 Å². The van der Waals surface area contributed by atoms with Crippen LogP contribution in [0.25, 0.3) is 5.53 Å². The molecule has 0 saturated heterocycles. The minimum Gasteiger partial charge on any atom is -0.508 e. The number of rotatable bonds is 1. The summed E-state index contributed by atoms with van der Waals surface area (Å²) in [7, 11) is 0. The van der Waals surface area contributed by atoms with Crippen molar-refractivity contribution in [3.05, 3.63) is 30.2 Å². The van der Waals surface area contributed by atoms with Crippen molar-refractivity contribution >= 4 is 0 Å². The van der Waals surface area contributed by atoms with Gasteiger partial charge in [0.05, 0.1) is 12.5 Å². The lowest BCUT2D eigenvalue weighted by atomic mass is 10.3. The molecular weight excluding hydrogens is 104 g/mol. The summed E-state index contributed by atoms with van der Waals surface area (Å²) in [5, 5.41) is 2.05. The summed E-state index contributed by atoms with van der Waals surface area (Å²) in [5.41, 5.74) is 8.28. The first-order valence-electron chi connectivity index (χ1n) is 2.32. The van der Waals surface area contributed by atoms with E-state index in [1.165, 1.54) is 12.5 Å². The van der Waals surface area contributed by atoms with E-state index in [9.17, 15) is 0 Å². The van der Waals surface area contributed by atoms with Gasteiger partial charge in [-0.3, -0.25) is 0 Å². The van der Waals surface area contributed by atoms with Crippen LogP contribution < -0.4 is 5.11 Å². The summed E-state index contributed by atoms with van der Waals surface area (Å²) >= 11 is 0. The highest BCUT2D eigenvalue weighted by Crippen LogP contribution is 1.92. The second-order valence-electron chi connectivity index (χ2n) is 1.45. The Bertz CT molecular complexity index is 127. The second kappa shape index (κ2) is 2.26. The van der Waals surface area contributed by atoms with Gasteiger partial charge < -0.3 is 15.4 Å². The highest BCUT2D eigenvalue weighted by atomic mass is 16.5. The van der Waals surface area contributed by atoms with Gasteiger partial charge in [-0.25, -0.2) is 0 Å². The molecule has 3 nitrogen and oxygen atoms in total. The maximum atomic E-state index is 8.28. The van der Waals surface area contributed by atoms with Crippen molar-refractivity contribution in [3.63, 3.8) is 0 Å². The van der Waals surface area contributed by atoms with Crippen molar-refractivity contribution in [3.8, 4) is 0 Å². The molecule has 0 aromatic rings. The van der Waals surface area contributed by atoms with Crippen molar-refractivity contribution in [2.24, 2.45) is 0 Å². The summed E-state index contributed by atoms with van der Waals surface area (Å²) in [4.78, 5) is 0. The lowest BCUT2D eigenvalue weighted by Crippen LogP contribution is -2.70. The molecule has 1 aliphatic heterocycles. The Hall–Kier alpha value is -1.12. The third-order valence-corrected chi connectivity index (χ3v) is 0.878. The molecule has 42 valence electrons. The predicted octanol–water partition coefficient (Wildman–Crippen LogP) is -0.485. The van der Waals surface area contributed by atoms with Crippen molar-refractivity contribution in [2.45, 2.75) is 6.04 Å². The molecule has 0 radical (unpaired) electrons. The van der Waals surface area contributed by atoms with Gasteiger partial charge in [-0.1, -0.05) is 0 Å². The number of nitrogens with one attached hydrogen (secondary N) is 1. The Morgan fingerprint density at radius 3 is 2.38 bits per heavy atom. The molecule has 0 aromatic heterocycles. The van der Waals surface area contributed by atoms with E-state index in [0.717, 1.165) is 0 Å². The topological polar surface area (TPSA) is 45.5 Å². The lowest BCUT2D eigenvalue weighted by Gasteiger charge is -2.00. The predicted molar refractivity (Wildman–Crippen MR) is 27.5 cm³/mol. The van der Waals surface area contributed by atoms with E-state index in [-0.39, 0.29) is 6.04 Å². The van der Waals surface area contributed by atoms with Crippen molar-refractivity contribution in [2.75, 3.05) is 0 Å². The molecule has 1 N–H and O–H groups in total. The Morgan fingerprint density at radius 1 is 1.38 bits per heavy atom. The van der Waals surface area contributed by atoms with E-state index in [4.69, 9.17) is 5.53 Å². The van der Waals surface area contributed by atoms with Crippen LogP contribution in [-0.2, 0) is 4.74 Å². The number of nitrogens with zero attached hydrogens (tertiary/aromatic N) is 1. The summed E-state index contributed by atoms with van der Waals surface area (Å²) in [6, 6.07) is -0.0938. The molecule has 0 unspecified atom stereocenters. The van der Waals surface area contributed by atoms with E-state index in [2.05, 4.69) is 9.85 Å². The lowest BCUT2D eigenvalue weighted by molar-refractivity contribution is -0.499. The number of hydrogen-bond donors (Lipinski definition) is 1. The summed E-state index contributed by atoms with van der Waals surface area (Å²) < 4.78 is 4.69. The molecule has 0 amide bonds. The maximum Gasteiger partial charge on any atom is 0.183 e. The van der Waals surface area contributed by atoms with Crippen LogP contribution >= 0.6 is 0 Å². The standard InChI is InChI=1S/C5H6N2O/c6-7-5-1-3-8-4-2-5/h1-5,7H. The van der Waals surface area contributed by atoms with Crippen LogP contribution in [-0.4, -0.2) is 6.04 Å². The van der Waals surface area contributed by atoms with Crippen LogP contribution in [0.3, 0.4) is 0 Å². The summed E-state index contributed by atoms with van der Waals surface area (Å²) in [6.07, 6.45) is 6.40. The van der Waals surface area contributed by atoms with Gasteiger partial charge in [0.2, 0.25) is 0 Å². The smallest absolute Gasteiger partial charge is 0.183 e. The van der Waals surface area contributed by atoms with Gasteiger partial charge in [0, 0.05) is 12.2 Å². The molecule has 0 aliphatic carbocycles. The first-order valence-corrected chi connectivity index (χ1v) is 2.32. The minimum atomic E-state index is -0.0938. The summed E-state index contributed by atoms with van der Waals surface area (Å²) in [6.45, 7) is 0. The first kappa shape index (κ1) is 5.03. The molecule has 0 fully saturated rings. The van der Waals surface area contributed by atoms with E-state index >= 15 is 0 Å². The third kappa shape index (κ3) is 0.932. The summed E-state index contributed by atoms with van der Waals surface area (Å²) in [5.74, 6) is 0. The van der Waals surface area contributed by atoms with Gasteiger partial charge in [0.15, 0.2) is 6.04 Å². The number of ether oxygens (including phenoxy) is 1. The van der Waals surface area contributed by atoms with E-state index in [0.29, 0.717) is 0 Å². The molecule has 1 rings (SSSR count). The fourth-order valence-corrected chi connectivity index (χ4v) is 0.456. The van der Waals surface area contributed by atoms with Gasteiger partial charge in [0.25, 0.3) is 0 Å².